The van der Waals surface area contributed by atoms with Crippen molar-refractivity contribution in [3.63, 3.8) is 0 Å². The SMILES string of the molecule is COc1cccc(N2C[C@H](c3nc4ccccc4n3CC(C)C)CC2=O)c1. The van der Waals surface area contributed by atoms with Gasteiger partial charge in [-0.1, -0.05) is 32.0 Å². The molecule has 0 aliphatic carbocycles. The lowest BCUT2D eigenvalue weighted by molar-refractivity contribution is -0.117. The molecule has 4 rings (SSSR count). The van der Waals surface area contributed by atoms with Gasteiger partial charge >= 0.3 is 0 Å². The fraction of sp³-hybridized carbons (Fsp3) is 0.364. The second-order valence-corrected chi connectivity index (χ2v) is 7.57. The summed E-state index contributed by atoms with van der Waals surface area (Å²) < 4.78 is 7.61. The normalized spacial score (nSPS) is 17.3. The summed E-state index contributed by atoms with van der Waals surface area (Å²) in [7, 11) is 1.64. The van der Waals surface area contributed by atoms with E-state index >= 15 is 0 Å². The van der Waals surface area contributed by atoms with Gasteiger partial charge in [-0.2, -0.15) is 0 Å². The third kappa shape index (κ3) is 3.29. The van der Waals surface area contributed by atoms with Crippen LogP contribution in [0.5, 0.6) is 5.75 Å². The van der Waals surface area contributed by atoms with Crippen molar-refractivity contribution >= 4 is 22.6 Å². The number of benzene rings is 2. The standard InChI is InChI=1S/C22H25N3O2/c1-15(2)13-25-20-10-5-4-9-19(20)23-22(25)16-11-21(26)24(14-16)17-7-6-8-18(12-17)27-3/h4-10,12,15-16H,11,13-14H2,1-3H3/t16-/m1/s1. The molecule has 5 heteroatoms. The van der Waals surface area contributed by atoms with Crippen molar-refractivity contribution in [3.8, 4) is 5.75 Å². The van der Waals surface area contributed by atoms with Crippen molar-refractivity contribution < 1.29 is 9.53 Å². The number of amides is 1. The summed E-state index contributed by atoms with van der Waals surface area (Å²) in [6.45, 7) is 5.97. The number of para-hydroxylation sites is 2. The van der Waals surface area contributed by atoms with E-state index in [-0.39, 0.29) is 11.8 Å². The number of rotatable bonds is 5. The van der Waals surface area contributed by atoms with Crippen molar-refractivity contribution in [2.24, 2.45) is 5.92 Å². The van der Waals surface area contributed by atoms with E-state index in [9.17, 15) is 4.79 Å². The Kier molecular flexibility index (Phi) is 4.60. The average molecular weight is 363 g/mol. The molecule has 1 atom stereocenters. The minimum Gasteiger partial charge on any atom is -0.497 e. The third-order valence-electron chi connectivity index (χ3n) is 5.09. The first-order valence-electron chi connectivity index (χ1n) is 9.46. The lowest BCUT2D eigenvalue weighted by atomic mass is 10.1. The highest BCUT2D eigenvalue weighted by atomic mass is 16.5. The molecular weight excluding hydrogens is 338 g/mol. The summed E-state index contributed by atoms with van der Waals surface area (Å²) in [4.78, 5) is 19.5. The number of anilines is 1. The molecule has 5 nitrogen and oxygen atoms in total. The predicted molar refractivity (Wildman–Crippen MR) is 107 cm³/mol. The van der Waals surface area contributed by atoms with Gasteiger partial charge in [0.1, 0.15) is 11.6 Å². The third-order valence-corrected chi connectivity index (χ3v) is 5.09. The number of aromatic nitrogens is 2. The van der Waals surface area contributed by atoms with Gasteiger partial charge in [0.2, 0.25) is 5.91 Å². The molecule has 0 spiro atoms. The van der Waals surface area contributed by atoms with Crippen LogP contribution < -0.4 is 9.64 Å². The molecule has 2 heterocycles. The van der Waals surface area contributed by atoms with Crippen LogP contribution in [0.3, 0.4) is 0 Å². The Hall–Kier alpha value is -2.82. The largest absolute Gasteiger partial charge is 0.497 e. The molecule has 140 valence electrons. The number of ether oxygens (including phenoxy) is 1. The zero-order valence-electron chi connectivity index (χ0n) is 16.1. The molecule has 1 aliphatic heterocycles. The Bertz CT molecular complexity index is 977. The molecule has 0 bridgehead atoms. The van der Waals surface area contributed by atoms with Crippen molar-refractivity contribution in [2.45, 2.75) is 32.7 Å². The Morgan fingerprint density at radius 3 is 2.78 bits per heavy atom. The second-order valence-electron chi connectivity index (χ2n) is 7.57. The molecular formula is C22H25N3O2. The van der Waals surface area contributed by atoms with Crippen LogP contribution in [0.4, 0.5) is 5.69 Å². The number of hydrogen-bond acceptors (Lipinski definition) is 3. The van der Waals surface area contributed by atoms with E-state index < -0.39 is 0 Å². The first-order valence-corrected chi connectivity index (χ1v) is 9.46. The van der Waals surface area contributed by atoms with E-state index in [1.54, 1.807) is 7.11 Å². The molecule has 0 radical (unpaired) electrons. The van der Waals surface area contributed by atoms with E-state index in [0.717, 1.165) is 34.8 Å². The smallest absolute Gasteiger partial charge is 0.227 e. The van der Waals surface area contributed by atoms with Crippen molar-refractivity contribution in [1.29, 1.82) is 0 Å². The number of methoxy groups -OCH3 is 1. The summed E-state index contributed by atoms with van der Waals surface area (Å²) in [5.41, 5.74) is 3.03. The monoisotopic (exact) mass is 363 g/mol. The molecule has 1 fully saturated rings. The Balaban J connectivity index is 1.69. The molecule has 2 aromatic carbocycles. The van der Waals surface area contributed by atoms with Crippen LogP contribution in [0, 0.1) is 5.92 Å². The highest BCUT2D eigenvalue weighted by Crippen LogP contribution is 2.34. The Morgan fingerprint density at radius 2 is 2.00 bits per heavy atom. The predicted octanol–water partition coefficient (Wildman–Crippen LogP) is 4.22. The summed E-state index contributed by atoms with van der Waals surface area (Å²) >= 11 is 0. The molecule has 0 saturated carbocycles. The number of hydrogen-bond donors (Lipinski definition) is 0. The van der Waals surface area contributed by atoms with Crippen molar-refractivity contribution in [3.05, 3.63) is 54.4 Å². The summed E-state index contributed by atoms with van der Waals surface area (Å²) in [5, 5.41) is 0. The van der Waals surface area contributed by atoms with Crippen LogP contribution in [0.15, 0.2) is 48.5 Å². The van der Waals surface area contributed by atoms with Crippen LogP contribution in [-0.4, -0.2) is 29.1 Å². The van der Waals surface area contributed by atoms with Gasteiger partial charge in [-0.25, -0.2) is 4.98 Å². The molecule has 1 amide bonds. The quantitative estimate of drug-likeness (QED) is 0.682. The van der Waals surface area contributed by atoms with Gasteiger partial charge in [-0.05, 0) is 30.2 Å². The van der Waals surface area contributed by atoms with Crippen LogP contribution >= 0.6 is 0 Å². The first-order chi connectivity index (χ1) is 13.1. The maximum atomic E-state index is 12.8. The maximum Gasteiger partial charge on any atom is 0.227 e. The Morgan fingerprint density at radius 1 is 1.19 bits per heavy atom. The van der Waals surface area contributed by atoms with Crippen LogP contribution in [0.25, 0.3) is 11.0 Å². The van der Waals surface area contributed by atoms with Gasteiger partial charge in [0.15, 0.2) is 0 Å². The lowest BCUT2D eigenvalue weighted by Gasteiger charge is -2.18. The van der Waals surface area contributed by atoms with E-state index in [4.69, 9.17) is 9.72 Å². The van der Waals surface area contributed by atoms with Crippen molar-refractivity contribution in [1.82, 2.24) is 9.55 Å². The average Bonchev–Trinajstić information content (AvgIpc) is 3.22. The van der Waals surface area contributed by atoms with Gasteiger partial charge in [0.25, 0.3) is 0 Å². The molecule has 0 unspecified atom stereocenters. The van der Waals surface area contributed by atoms with Crippen LogP contribution in [0.1, 0.15) is 32.0 Å². The fourth-order valence-electron chi connectivity index (χ4n) is 3.87. The summed E-state index contributed by atoms with van der Waals surface area (Å²) in [5.74, 6) is 2.51. The van der Waals surface area contributed by atoms with E-state index in [0.29, 0.717) is 18.9 Å². The fourth-order valence-corrected chi connectivity index (χ4v) is 3.87. The topological polar surface area (TPSA) is 47.4 Å². The number of carbonyl (C=O) groups is 1. The van der Waals surface area contributed by atoms with Crippen LogP contribution in [0.2, 0.25) is 0 Å². The molecule has 0 N–H and O–H groups in total. The van der Waals surface area contributed by atoms with Crippen molar-refractivity contribution in [2.75, 3.05) is 18.6 Å². The summed E-state index contributed by atoms with van der Waals surface area (Å²) in [6.07, 6.45) is 0.485. The van der Waals surface area contributed by atoms with Gasteiger partial charge in [-0.3, -0.25) is 4.79 Å². The van der Waals surface area contributed by atoms with Gasteiger partial charge in [0, 0.05) is 37.2 Å². The molecule has 3 aromatic rings. The maximum absolute atomic E-state index is 12.8. The highest BCUT2D eigenvalue weighted by Gasteiger charge is 2.35. The Labute approximate surface area is 159 Å². The minimum absolute atomic E-state index is 0.0925. The molecule has 1 aromatic heterocycles. The van der Waals surface area contributed by atoms with E-state index in [2.05, 4.69) is 24.5 Å². The first kappa shape index (κ1) is 17.6. The molecule has 1 aliphatic rings. The highest BCUT2D eigenvalue weighted by molar-refractivity contribution is 5.96. The van der Waals surface area contributed by atoms with Crippen LogP contribution in [-0.2, 0) is 11.3 Å². The number of carbonyl (C=O) groups excluding carboxylic acids is 1. The van der Waals surface area contributed by atoms with Gasteiger partial charge < -0.3 is 14.2 Å². The number of fused-ring (bicyclic) bond motifs is 1. The second kappa shape index (κ2) is 7.06. The number of imidazole rings is 1. The van der Waals surface area contributed by atoms with Gasteiger partial charge in [-0.15, -0.1) is 0 Å². The van der Waals surface area contributed by atoms with E-state index in [1.165, 1.54) is 0 Å². The zero-order valence-corrected chi connectivity index (χ0v) is 16.1. The lowest BCUT2D eigenvalue weighted by Crippen LogP contribution is -2.24. The van der Waals surface area contributed by atoms with Gasteiger partial charge in [0.05, 0.1) is 18.1 Å². The minimum atomic E-state index is 0.0925. The zero-order chi connectivity index (χ0) is 19.0. The summed E-state index contributed by atoms with van der Waals surface area (Å²) in [6, 6.07) is 15.9. The number of nitrogens with zero attached hydrogens (tertiary/aromatic N) is 3. The van der Waals surface area contributed by atoms with E-state index in [1.807, 2.05) is 47.4 Å². The molecule has 27 heavy (non-hydrogen) atoms. The molecule has 1 saturated heterocycles.